The molecule has 1 aromatic rings. The standard InChI is InChI=1S/C17H23NO6/c1-16(2)9-23-15(24-10-16)17(3,4)11-22-14(19)12-5-7-13(8-6-12)18(20)21/h5-8,15H,9-11H2,1-4H3. The first-order chi connectivity index (χ1) is 11.1. The van der Waals surface area contributed by atoms with Crippen LogP contribution in [-0.2, 0) is 14.2 Å². The van der Waals surface area contributed by atoms with Crippen LogP contribution in [0, 0.1) is 20.9 Å². The Bertz CT molecular complexity index is 598. The predicted molar refractivity (Wildman–Crippen MR) is 86.6 cm³/mol. The van der Waals surface area contributed by atoms with Gasteiger partial charge in [0.05, 0.1) is 23.7 Å². The van der Waals surface area contributed by atoms with Crippen molar-refractivity contribution in [3.8, 4) is 0 Å². The summed E-state index contributed by atoms with van der Waals surface area (Å²) >= 11 is 0. The molecule has 1 saturated heterocycles. The Morgan fingerprint density at radius 3 is 2.33 bits per heavy atom. The molecule has 7 nitrogen and oxygen atoms in total. The molecule has 1 aromatic carbocycles. The van der Waals surface area contributed by atoms with E-state index >= 15 is 0 Å². The summed E-state index contributed by atoms with van der Waals surface area (Å²) in [7, 11) is 0. The van der Waals surface area contributed by atoms with Crippen LogP contribution in [0.15, 0.2) is 24.3 Å². The average molecular weight is 337 g/mol. The molecule has 1 aliphatic heterocycles. The molecule has 2 rings (SSSR count). The van der Waals surface area contributed by atoms with Gasteiger partial charge in [-0.1, -0.05) is 27.7 Å². The fourth-order valence-corrected chi connectivity index (χ4v) is 2.27. The minimum atomic E-state index is -0.533. The molecule has 0 amide bonds. The van der Waals surface area contributed by atoms with Gasteiger partial charge in [0.15, 0.2) is 6.29 Å². The van der Waals surface area contributed by atoms with Crippen molar-refractivity contribution < 1.29 is 23.9 Å². The van der Waals surface area contributed by atoms with Crippen LogP contribution in [0.3, 0.4) is 0 Å². The van der Waals surface area contributed by atoms with Crippen molar-refractivity contribution >= 4 is 11.7 Å². The second kappa shape index (κ2) is 6.86. The third-order valence-electron chi connectivity index (χ3n) is 3.78. The van der Waals surface area contributed by atoms with E-state index in [0.717, 1.165) is 0 Å². The average Bonchev–Trinajstić information content (AvgIpc) is 2.52. The molecule has 0 atom stereocenters. The van der Waals surface area contributed by atoms with Gasteiger partial charge in [0.1, 0.15) is 6.61 Å². The van der Waals surface area contributed by atoms with E-state index in [4.69, 9.17) is 14.2 Å². The molecule has 0 bridgehead atoms. The molecule has 1 heterocycles. The van der Waals surface area contributed by atoms with Crippen LogP contribution in [-0.4, -0.2) is 37.0 Å². The molecule has 0 aliphatic carbocycles. The van der Waals surface area contributed by atoms with Crippen molar-refractivity contribution in [2.75, 3.05) is 19.8 Å². The maximum Gasteiger partial charge on any atom is 0.338 e. The summed E-state index contributed by atoms with van der Waals surface area (Å²) in [6.45, 7) is 9.20. The first-order valence-corrected chi connectivity index (χ1v) is 7.76. The van der Waals surface area contributed by atoms with Crippen LogP contribution in [0.4, 0.5) is 5.69 Å². The lowest BCUT2D eigenvalue weighted by Gasteiger charge is -2.41. The zero-order valence-corrected chi connectivity index (χ0v) is 14.4. The number of hydrogen-bond donors (Lipinski definition) is 0. The largest absolute Gasteiger partial charge is 0.461 e. The molecular formula is C17H23NO6. The lowest BCUT2D eigenvalue weighted by molar-refractivity contribution is -0.384. The second-order valence-corrected chi connectivity index (χ2v) is 7.49. The van der Waals surface area contributed by atoms with Crippen molar-refractivity contribution in [3.63, 3.8) is 0 Å². The number of ether oxygens (including phenoxy) is 3. The van der Waals surface area contributed by atoms with Crippen molar-refractivity contribution in [3.05, 3.63) is 39.9 Å². The quantitative estimate of drug-likeness (QED) is 0.466. The van der Waals surface area contributed by atoms with Crippen molar-refractivity contribution in [1.29, 1.82) is 0 Å². The van der Waals surface area contributed by atoms with Crippen LogP contribution in [0.1, 0.15) is 38.1 Å². The van der Waals surface area contributed by atoms with E-state index in [-0.39, 0.29) is 23.3 Å². The number of nitro groups is 1. The maximum atomic E-state index is 12.1. The van der Waals surface area contributed by atoms with E-state index in [9.17, 15) is 14.9 Å². The zero-order valence-electron chi connectivity index (χ0n) is 14.4. The van der Waals surface area contributed by atoms with E-state index in [0.29, 0.717) is 13.2 Å². The van der Waals surface area contributed by atoms with Gasteiger partial charge in [0.2, 0.25) is 0 Å². The molecule has 7 heteroatoms. The minimum absolute atomic E-state index is 0.0258. The Labute approximate surface area is 141 Å². The van der Waals surface area contributed by atoms with Gasteiger partial charge in [0.25, 0.3) is 5.69 Å². The number of non-ortho nitro benzene ring substituents is 1. The summed E-state index contributed by atoms with van der Waals surface area (Å²) in [6, 6.07) is 5.31. The number of carbonyl (C=O) groups is 1. The molecule has 0 N–H and O–H groups in total. The van der Waals surface area contributed by atoms with Gasteiger partial charge >= 0.3 is 5.97 Å². The predicted octanol–water partition coefficient (Wildman–Crippen LogP) is 3.18. The summed E-state index contributed by atoms with van der Waals surface area (Å²) in [5.41, 5.74) is -0.337. The second-order valence-electron chi connectivity index (χ2n) is 7.49. The summed E-state index contributed by atoms with van der Waals surface area (Å²) < 4.78 is 16.8. The monoisotopic (exact) mass is 337 g/mol. The van der Waals surface area contributed by atoms with Gasteiger partial charge in [-0.2, -0.15) is 0 Å². The molecule has 0 unspecified atom stereocenters. The summed E-state index contributed by atoms with van der Waals surface area (Å²) in [6.07, 6.45) is -0.449. The van der Waals surface area contributed by atoms with E-state index in [1.165, 1.54) is 24.3 Å². The highest BCUT2D eigenvalue weighted by Gasteiger charge is 2.39. The number of rotatable bonds is 5. The first kappa shape index (κ1) is 18.4. The van der Waals surface area contributed by atoms with E-state index in [1.54, 1.807) is 0 Å². The molecule has 132 valence electrons. The normalized spacial score (nSPS) is 18.2. The molecule has 0 spiro atoms. The minimum Gasteiger partial charge on any atom is -0.461 e. The van der Waals surface area contributed by atoms with Gasteiger partial charge in [-0.3, -0.25) is 10.1 Å². The van der Waals surface area contributed by atoms with Crippen molar-refractivity contribution in [1.82, 2.24) is 0 Å². The summed E-state index contributed by atoms with van der Waals surface area (Å²) in [4.78, 5) is 22.2. The third-order valence-corrected chi connectivity index (χ3v) is 3.78. The number of hydrogen-bond acceptors (Lipinski definition) is 6. The van der Waals surface area contributed by atoms with Gasteiger partial charge in [-0.25, -0.2) is 4.79 Å². The lowest BCUT2D eigenvalue weighted by atomic mass is 9.90. The third kappa shape index (κ3) is 4.52. The molecule has 24 heavy (non-hydrogen) atoms. The van der Waals surface area contributed by atoms with Crippen LogP contribution in [0.25, 0.3) is 0 Å². The highest BCUT2D eigenvalue weighted by atomic mass is 16.7. The van der Waals surface area contributed by atoms with Gasteiger partial charge in [-0.15, -0.1) is 0 Å². The molecule has 0 saturated carbocycles. The number of esters is 1. The summed E-state index contributed by atoms with van der Waals surface area (Å²) in [5, 5.41) is 10.6. The van der Waals surface area contributed by atoms with E-state index in [1.807, 2.05) is 13.8 Å². The fourth-order valence-electron chi connectivity index (χ4n) is 2.27. The molecular weight excluding hydrogens is 314 g/mol. The Hall–Kier alpha value is -1.99. The Morgan fingerprint density at radius 2 is 1.83 bits per heavy atom. The lowest BCUT2D eigenvalue weighted by Crippen LogP contribution is -2.46. The maximum absolute atomic E-state index is 12.1. The van der Waals surface area contributed by atoms with Crippen LogP contribution >= 0.6 is 0 Å². The van der Waals surface area contributed by atoms with E-state index < -0.39 is 22.6 Å². The Morgan fingerprint density at radius 1 is 1.29 bits per heavy atom. The molecule has 0 aromatic heterocycles. The number of nitro benzene ring substituents is 1. The Kier molecular flexibility index (Phi) is 5.25. The molecule has 1 fully saturated rings. The summed E-state index contributed by atoms with van der Waals surface area (Å²) in [5.74, 6) is -0.533. The van der Waals surface area contributed by atoms with Gasteiger partial charge in [-0.05, 0) is 12.1 Å². The first-order valence-electron chi connectivity index (χ1n) is 7.76. The Balaban J connectivity index is 1.91. The van der Waals surface area contributed by atoms with Crippen LogP contribution in [0.2, 0.25) is 0 Å². The number of benzene rings is 1. The highest BCUT2D eigenvalue weighted by Crippen LogP contribution is 2.32. The van der Waals surface area contributed by atoms with Gasteiger partial charge in [0, 0.05) is 23.0 Å². The van der Waals surface area contributed by atoms with Crippen LogP contribution < -0.4 is 0 Å². The molecule has 1 aliphatic rings. The van der Waals surface area contributed by atoms with E-state index in [2.05, 4.69) is 13.8 Å². The SMILES string of the molecule is CC1(C)COC(C(C)(C)COC(=O)c2ccc([N+](=O)[O-])cc2)OC1. The molecule has 0 radical (unpaired) electrons. The van der Waals surface area contributed by atoms with Gasteiger partial charge < -0.3 is 14.2 Å². The highest BCUT2D eigenvalue weighted by molar-refractivity contribution is 5.89. The number of carbonyl (C=O) groups excluding carboxylic acids is 1. The van der Waals surface area contributed by atoms with Crippen molar-refractivity contribution in [2.45, 2.75) is 34.0 Å². The smallest absolute Gasteiger partial charge is 0.338 e. The van der Waals surface area contributed by atoms with Crippen LogP contribution in [0.5, 0.6) is 0 Å². The zero-order chi connectivity index (χ0) is 18.0. The number of nitrogens with zero attached hydrogens (tertiary/aromatic N) is 1. The fraction of sp³-hybridized carbons (Fsp3) is 0.588. The topological polar surface area (TPSA) is 87.9 Å². The van der Waals surface area contributed by atoms with Crippen molar-refractivity contribution in [2.24, 2.45) is 10.8 Å².